The maximum absolute atomic E-state index is 6.44. The van der Waals surface area contributed by atoms with Crippen molar-refractivity contribution in [3.63, 3.8) is 0 Å². The van der Waals surface area contributed by atoms with E-state index in [-0.39, 0.29) is 12.1 Å². The SMILES string of the molecule is CCOc1ccc(-c2ccc([C@@H]3[C@H](c4ccccn4)NC(=S)N3c3ccc(CC)cc3)o2)cc1. The normalized spacial score (nSPS) is 17.6. The minimum absolute atomic E-state index is 0.140. The number of ether oxygens (including phenoxy) is 1. The van der Waals surface area contributed by atoms with Gasteiger partial charge in [0.2, 0.25) is 0 Å². The fourth-order valence-corrected chi connectivity index (χ4v) is 4.71. The van der Waals surface area contributed by atoms with Crippen molar-refractivity contribution in [1.82, 2.24) is 10.3 Å². The Morgan fingerprint density at radius 1 is 0.971 bits per heavy atom. The molecule has 1 aliphatic rings. The Morgan fingerprint density at radius 2 is 1.76 bits per heavy atom. The molecule has 5 rings (SSSR count). The number of nitrogens with one attached hydrogen (secondary N) is 1. The van der Waals surface area contributed by atoms with E-state index in [0.29, 0.717) is 11.7 Å². The molecule has 1 aliphatic heterocycles. The lowest BCUT2D eigenvalue weighted by atomic mass is 10.0. The molecule has 3 heterocycles. The molecule has 2 aromatic carbocycles. The highest BCUT2D eigenvalue weighted by atomic mass is 32.1. The second-order valence-corrected chi connectivity index (χ2v) is 8.56. The first-order valence-electron chi connectivity index (χ1n) is 11.6. The first-order valence-corrected chi connectivity index (χ1v) is 12.0. The summed E-state index contributed by atoms with van der Waals surface area (Å²) < 4.78 is 12.0. The first-order chi connectivity index (χ1) is 16.7. The Labute approximate surface area is 205 Å². The number of rotatable bonds is 7. The van der Waals surface area contributed by atoms with Gasteiger partial charge in [0.15, 0.2) is 5.11 Å². The second-order valence-electron chi connectivity index (χ2n) is 8.18. The summed E-state index contributed by atoms with van der Waals surface area (Å²) >= 11 is 5.81. The van der Waals surface area contributed by atoms with Crippen molar-refractivity contribution < 1.29 is 9.15 Å². The van der Waals surface area contributed by atoms with E-state index in [1.165, 1.54) is 5.56 Å². The van der Waals surface area contributed by atoms with Crippen LogP contribution in [0.2, 0.25) is 0 Å². The third-order valence-electron chi connectivity index (χ3n) is 6.09. The van der Waals surface area contributed by atoms with Crippen molar-refractivity contribution in [1.29, 1.82) is 0 Å². The van der Waals surface area contributed by atoms with Gasteiger partial charge in [0.25, 0.3) is 0 Å². The van der Waals surface area contributed by atoms with Crippen LogP contribution < -0.4 is 15.0 Å². The highest BCUT2D eigenvalue weighted by Crippen LogP contribution is 2.43. The fraction of sp³-hybridized carbons (Fsp3) is 0.214. The van der Waals surface area contributed by atoms with Crippen molar-refractivity contribution in [3.05, 3.63) is 102 Å². The molecule has 0 unspecified atom stereocenters. The predicted molar refractivity (Wildman–Crippen MR) is 139 cm³/mol. The van der Waals surface area contributed by atoms with Crippen LogP contribution in [0.15, 0.2) is 89.5 Å². The van der Waals surface area contributed by atoms with E-state index >= 15 is 0 Å². The molecule has 172 valence electrons. The van der Waals surface area contributed by atoms with Crippen molar-refractivity contribution in [2.24, 2.45) is 0 Å². The monoisotopic (exact) mass is 469 g/mol. The number of furan rings is 1. The number of hydrogen-bond acceptors (Lipinski definition) is 4. The molecule has 5 nitrogen and oxygen atoms in total. The lowest BCUT2D eigenvalue weighted by Crippen LogP contribution is -2.29. The third kappa shape index (κ3) is 4.29. The third-order valence-corrected chi connectivity index (χ3v) is 6.40. The maximum Gasteiger partial charge on any atom is 0.174 e. The number of nitrogens with zero attached hydrogens (tertiary/aromatic N) is 2. The van der Waals surface area contributed by atoms with Crippen molar-refractivity contribution >= 4 is 23.0 Å². The summed E-state index contributed by atoms with van der Waals surface area (Å²) in [6.07, 6.45) is 2.80. The molecule has 0 radical (unpaired) electrons. The lowest BCUT2D eigenvalue weighted by molar-refractivity contribution is 0.340. The van der Waals surface area contributed by atoms with Crippen molar-refractivity contribution in [2.45, 2.75) is 32.4 Å². The molecule has 1 saturated heterocycles. The zero-order chi connectivity index (χ0) is 23.5. The van der Waals surface area contributed by atoms with Crippen LogP contribution in [0.4, 0.5) is 5.69 Å². The number of benzene rings is 2. The topological polar surface area (TPSA) is 50.5 Å². The maximum atomic E-state index is 6.44. The van der Waals surface area contributed by atoms with E-state index < -0.39 is 0 Å². The second kappa shape index (κ2) is 9.69. The van der Waals surface area contributed by atoms with Crippen LogP contribution in [-0.2, 0) is 6.42 Å². The molecule has 0 saturated carbocycles. The van der Waals surface area contributed by atoms with Crippen LogP contribution in [0.5, 0.6) is 5.75 Å². The van der Waals surface area contributed by atoms with E-state index in [1.54, 1.807) is 0 Å². The largest absolute Gasteiger partial charge is 0.494 e. The quantitative estimate of drug-likeness (QED) is 0.313. The van der Waals surface area contributed by atoms with Crippen molar-refractivity contribution in [2.75, 3.05) is 11.5 Å². The minimum Gasteiger partial charge on any atom is -0.494 e. The molecule has 1 fully saturated rings. The summed E-state index contributed by atoms with van der Waals surface area (Å²) in [4.78, 5) is 6.75. The summed E-state index contributed by atoms with van der Waals surface area (Å²) in [6.45, 7) is 4.78. The summed E-state index contributed by atoms with van der Waals surface area (Å²) in [7, 11) is 0. The average molecular weight is 470 g/mol. The van der Waals surface area contributed by atoms with Gasteiger partial charge in [0, 0.05) is 17.4 Å². The summed E-state index contributed by atoms with van der Waals surface area (Å²) in [5, 5.41) is 4.14. The van der Waals surface area contributed by atoms with E-state index in [2.05, 4.69) is 46.4 Å². The molecule has 2 aromatic heterocycles. The number of aryl methyl sites for hydroxylation is 1. The smallest absolute Gasteiger partial charge is 0.174 e. The number of thiocarbonyl (C=S) groups is 1. The molecule has 2 atom stereocenters. The first kappa shape index (κ1) is 22.2. The zero-order valence-corrected chi connectivity index (χ0v) is 20.1. The van der Waals surface area contributed by atoms with Gasteiger partial charge in [-0.15, -0.1) is 0 Å². The molecular formula is C28H27N3O2S. The fourth-order valence-electron chi connectivity index (χ4n) is 4.36. The van der Waals surface area contributed by atoms with Gasteiger partial charge in [-0.3, -0.25) is 4.98 Å². The summed E-state index contributed by atoms with van der Waals surface area (Å²) in [6, 6.07) is 26.2. The van der Waals surface area contributed by atoms with E-state index in [4.69, 9.17) is 21.4 Å². The van der Waals surface area contributed by atoms with Gasteiger partial charge in [-0.25, -0.2) is 0 Å². The minimum atomic E-state index is -0.175. The van der Waals surface area contributed by atoms with Crippen LogP contribution in [0.25, 0.3) is 11.3 Å². The average Bonchev–Trinajstić information content (AvgIpc) is 3.50. The van der Waals surface area contributed by atoms with Gasteiger partial charge < -0.3 is 19.4 Å². The Kier molecular flexibility index (Phi) is 6.32. The Balaban J connectivity index is 1.53. The van der Waals surface area contributed by atoms with Gasteiger partial charge in [0.1, 0.15) is 23.3 Å². The Morgan fingerprint density at radius 3 is 2.44 bits per heavy atom. The van der Waals surface area contributed by atoms with Crippen molar-refractivity contribution in [3.8, 4) is 17.1 Å². The van der Waals surface area contributed by atoms with Crippen LogP contribution >= 0.6 is 12.2 Å². The molecule has 0 aliphatic carbocycles. The lowest BCUT2D eigenvalue weighted by Gasteiger charge is -2.26. The molecule has 1 N–H and O–H groups in total. The van der Waals surface area contributed by atoms with E-state index in [1.807, 2.05) is 67.7 Å². The van der Waals surface area contributed by atoms with Crippen LogP contribution in [-0.4, -0.2) is 16.7 Å². The Hall–Kier alpha value is -3.64. The number of hydrogen-bond donors (Lipinski definition) is 1. The molecule has 0 bridgehead atoms. The zero-order valence-electron chi connectivity index (χ0n) is 19.3. The van der Waals surface area contributed by atoms with Gasteiger partial charge in [-0.1, -0.05) is 25.1 Å². The predicted octanol–water partition coefficient (Wildman–Crippen LogP) is 6.48. The summed E-state index contributed by atoms with van der Waals surface area (Å²) in [5.41, 5.74) is 4.23. The number of aromatic nitrogens is 1. The Bertz CT molecular complexity index is 1250. The standard InChI is InChI=1S/C28H27N3O2S/c1-3-19-8-12-21(13-9-19)31-27(26(30-28(31)34)23-7-5-6-18-29-23)25-17-16-24(33-25)20-10-14-22(15-11-20)32-4-2/h5-18,26-27H,3-4H2,1-2H3,(H,30,34)/t26-,27+/m0/s1. The highest BCUT2D eigenvalue weighted by Gasteiger charge is 2.42. The molecule has 34 heavy (non-hydrogen) atoms. The molecule has 4 aromatic rings. The number of pyridine rings is 1. The van der Waals surface area contributed by atoms with Gasteiger partial charge in [-0.05, 0) is 91.8 Å². The van der Waals surface area contributed by atoms with E-state index in [0.717, 1.165) is 40.6 Å². The summed E-state index contributed by atoms with van der Waals surface area (Å²) in [5.74, 6) is 2.48. The molecule has 6 heteroatoms. The van der Waals surface area contributed by atoms with Crippen LogP contribution in [0.1, 0.15) is 42.9 Å². The van der Waals surface area contributed by atoms with Gasteiger partial charge in [-0.2, -0.15) is 0 Å². The van der Waals surface area contributed by atoms with Crippen LogP contribution in [0, 0.1) is 0 Å². The van der Waals surface area contributed by atoms with Crippen LogP contribution in [0.3, 0.4) is 0 Å². The molecular weight excluding hydrogens is 442 g/mol. The van der Waals surface area contributed by atoms with E-state index in [9.17, 15) is 0 Å². The molecule has 0 spiro atoms. The number of anilines is 1. The highest BCUT2D eigenvalue weighted by molar-refractivity contribution is 7.80. The van der Waals surface area contributed by atoms with Gasteiger partial charge in [0.05, 0.1) is 18.3 Å². The molecule has 0 amide bonds. The van der Waals surface area contributed by atoms with Gasteiger partial charge >= 0.3 is 0 Å².